The number of rotatable bonds is 4. The van der Waals surface area contributed by atoms with Crippen LogP contribution in [0, 0.1) is 0 Å². The Hall–Kier alpha value is -2.26. The maximum atomic E-state index is 13.2. The quantitative estimate of drug-likeness (QED) is 0.719. The van der Waals surface area contributed by atoms with Crippen LogP contribution in [-0.2, 0) is 12.0 Å². The van der Waals surface area contributed by atoms with Crippen LogP contribution in [0.2, 0.25) is 0 Å². The Morgan fingerprint density at radius 1 is 1.00 bits per heavy atom. The van der Waals surface area contributed by atoms with Gasteiger partial charge in [-0.05, 0) is 30.5 Å². The molecule has 158 valence electrons. The number of aliphatic hydroxyl groups excluding tert-OH is 1. The van der Waals surface area contributed by atoms with Crippen molar-refractivity contribution in [2.24, 2.45) is 0 Å². The summed E-state index contributed by atoms with van der Waals surface area (Å²) in [7, 11) is 0. The maximum absolute atomic E-state index is 13.2. The van der Waals surface area contributed by atoms with E-state index in [4.69, 9.17) is 0 Å². The molecule has 3 nitrogen and oxygen atoms in total. The molecule has 2 N–H and O–H groups in total. The SMILES string of the molecule is CC1Cc2cc(C(O)(C(F)(F)F)C(F)(F)F)ccc2N1C(CO)c1ccccc1. The van der Waals surface area contributed by atoms with Gasteiger partial charge in [-0.25, -0.2) is 0 Å². The number of hydrogen-bond acceptors (Lipinski definition) is 3. The highest BCUT2D eigenvalue weighted by molar-refractivity contribution is 5.62. The number of aliphatic hydroxyl groups is 2. The van der Waals surface area contributed by atoms with Crippen LogP contribution in [0.5, 0.6) is 0 Å². The van der Waals surface area contributed by atoms with E-state index in [9.17, 15) is 36.6 Å². The van der Waals surface area contributed by atoms with Crippen molar-refractivity contribution in [3.63, 3.8) is 0 Å². The topological polar surface area (TPSA) is 43.7 Å². The first-order chi connectivity index (χ1) is 13.4. The van der Waals surface area contributed by atoms with Crippen LogP contribution in [0.3, 0.4) is 0 Å². The van der Waals surface area contributed by atoms with Gasteiger partial charge >= 0.3 is 12.4 Å². The van der Waals surface area contributed by atoms with E-state index in [-0.39, 0.29) is 24.6 Å². The Morgan fingerprint density at radius 3 is 2.10 bits per heavy atom. The number of halogens is 6. The van der Waals surface area contributed by atoms with Crippen LogP contribution < -0.4 is 4.90 Å². The lowest BCUT2D eigenvalue weighted by Gasteiger charge is -2.34. The smallest absolute Gasteiger partial charge is 0.394 e. The Morgan fingerprint density at radius 2 is 1.59 bits per heavy atom. The molecule has 2 atom stereocenters. The molecule has 0 aromatic heterocycles. The normalized spacial score (nSPS) is 18.7. The molecule has 0 spiro atoms. The first-order valence-corrected chi connectivity index (χ1v) is 8.85. The lowest BCUT2D eigenvalue weighted by molar-refractivity contribution is -0.376. The van der Waals surface area contributed by atoms with Gasteiger partial charge in [0, 0.05) is 17.3 Å². The number of benzene rings is 2. The fourth-order valence-corrected chi connectivity index (χ4v) is 3.87. The molecule has 0 radical (unpaired) electrons. The molecular weight excluding hydrogens is 400 g/mol. The fraction of sp³-hybridized carbons (Fsp3) is 0.400. The molecule has 2 aromatic rings. The third-order valence-electron chi connectivity index (χ3n) is 5.28. The molecule has 1 heterocycles. The molecule has 0 fully saturated rings. The molecule has 1 aliphatic rings. The van der Waals surface area contributed by atoms with Gasteiger partial charge in [0.1, 0.15) is 0 Å². The van der Waals surface area contributed by atoms with Gasteiger partial charge in [-0.1, -0.05) is 42.5 Å². The van der Waals surface area contributed by atoms with Gasteiger partial charge in [-0.2, -0.15) is 26.3 Å². The minimum Gasteiger partial charge on any atom is -0.394 e. The van der Waals surface area contributed by atoms with E-state index >= 15 is 0 Å². The van der Waals surface area contributed by atoms with Gasteiger partial charge in [0.2, 0.25) is 0 Å². The average Bonchev–Trinajstić information content (AvgIpc) is 2.96. The zero-order valence-corrected chi connectivity index (χ0v) is 15.3. The van der Waals surface area contributed by atoms with Gasteiger partial charge in [0.25, 0.3) is 5.60 Å². The summed E-state index contributed by atoms with van der Waals surface area (Å²) in [4.78, 5) is 1.77. The summed E-state index contributed by atoms with van der Waals surface area (Å²) in [5.74, 6) is 0. The van der Waals surface area contributed by atoms with Gasteiger partial charge in [-0.3, -0.25) is 0 Å². The van der Waals surface area contributed by atoms with Crippen LogP contribution in [0.1, 0.15) is 29.7 Å². The highest BCUT2D eigenvalue weighted by Gasteiger charge is 2.71. The first-order valence-electron chi connectivity index (χ1n) is 8.85. The van der Waals surface area contributed by atoms with Gasteiger partial charge < -0.3 is 15.1 Å². The van der Waals surface area contributed by atoms with Crippen molar-refractivity contribution in [1.82, 2.24) is 0 Å². The van der Waals surface area contributed by atoms with E-state index in [2.05, 4.69) is 0 Å². The molecule has 2 aromatic carbocycles. The molecule has 0 amide bonds. The van der Waals surface area contributed by atoms with Crippen LogP contribution >= 0.6 is 0 Å². The van der Waals surface area contributed by atoms with Crippen LogP contribution in [0.25, 0.3) is 0 Å². The summed E-state index contributed by atoms with van der Waals surface area (Å²) in [5.41, 5.74) is -4.79. The number of alkyl halides is 6. The van der Waals surface area contributed by atoms with Crippen LogP contribution in [-0.4, -0.2) is 35.2 Å². The monoisotopic (exact) mass is 419 g/mol. The predicted octanol–water partition coefficient (Wildman–Crippen LogP) is 4.48. The molecule has 0 aliphatic carbocycles. The number of nitrogens with zero attached hydrogens (tertiary/aromatic N) is 1. The van der Waals surface area contributed by atoms with E-state index in [0.717, 1.165) is 17.7 Å². The minimum absolute atomic E-state index is 0.179. The summed E-state index contributed by atoms with van der Waals surface area (Å²) >= 11 is 0. The molecule has 3 rings (SSSR count). The van der Waals surface area contributed by atoms with Gasteiger partial charge in [-0.15, -0.1) is 0 Å². The summed E-state index contributed by atoms with van der Waals surface area (Å²) in [6, 6.07) is 10.7. The van der Waals surface area contributed by atoms with E-state index in [1.807, 2.05) is 0 Å². The zero-order chi connectivity index (χ0) is 21.6. The number of anilines is 1. The van der Waals surface area contributed by atoms with Crippen molar-refractivity contribution in [3.8, 4) is 0 Å². The lowest BCUT2D eigenvalue weighted by Crippen LogP contribution is -2.53. The van der Waals surface area contributed by atoms with Gasteiger partial charge in [0.05, 0.1) is 12.6 Å². The average molecular weight is 419 g/mol. The molecule has 1 aliphatic heterocycles. The van der Waals surface area contributed by atoms with E-state index in [1.54, 1.807) is 42.2 Å². The molecule has 9 heteroatoms. The van der Waals surface area contributed by atoms with Crippen molar-refractivity contribution >= 4 is 5.69 Å². The predicted molar refractivity (Wildman–Crippen MR) is 94.4 cm³/mol. The molecule has 0 saturated heterocycles. The summed E-state index contributed by atoms with van der Waals surface area (Å²) in [6.45, 7) is 1.48. The maximum Gasteiger partial charge on any atom is 0.430 e. The summed E-state index contributed by atoms with van der Waals surface area (Å²) in [5, 5.41) is 19.5. The Labute approximate surface area is 163 Å². The molecular formula is C20H19F6NO2. The summed E-state index contributed by atoms with van der Waals surface area (Å²) < 4.78 is 79.1. The third-order valence-corrected chi connectivity index (χ3v) is 5.28. The highest BCUT2D eigenvalue weighted by atomic mass is 19.4. The largest absolute Gasteiger partial charge is 0.430 e. The second-order valence-corrected chi connectivity index (χ2v) is 7.12. The van der Waals surface area contributed by atoms with Gasteiger partial charge in [0.15, 0.2) is 0 Å². The number of hydrogen-bond donors (Lipinski definition) is 2. The van der Waals surface area contributed by atoms with E-state index in [1.165, 1.54) is 0 Å². The first kappa shape index (κ1) is 21.4. The van der Waals surface area contributed by atoms with Crippen LogP contribution in [0.15, 0.2) is 48.5 Å². The Balaban J connectivity index is 2.07. The van der Waals surface area contributed by atoms with Crippen molar-refractivity contribution in [2.45, 2.75) is 43.4 Å². The molecule has 0 saturated carbocycles. The van der Waals surface area contributed by atoms with E-state index < -0.39 is 29.6 Å². The minimum atomic E-state index is -5.93. The fourth-order valence-electron chi connectivity index (χ4n) is 3.87. The highest BCUT2D eigenvalue weighted by Crippen LogP contribution is 2.51. The molecule has 0 bridgehead atoms. The second-order valence-electron chi connectivity index (χ2n) is 7.12. The van der Waals surface area contributed by atoms with Crippen molar-refractivity contribution in [1.29, 1.82) is 0 Å². The van der Waals surface area contributed by atoms with Crippen molar-refractivity contribution < 1.29 is 36.6 Å². The molecule has 2 unspecified atom stereocenters. The third kappa shape index (κ3) is 3.46. The zero-order valence-electron chi connectivity index (χ0n) is 15.3. The molecule has 29 heavy (non-hydrogen) atoms. The Bertz CT molecular complexity index is 852. The van der Waals surface area contributed by atoms with Crippen molar-refractivity contribution in [3.05, 3.63) is 65.2 Å². The Kier molecular flexibility index (Phi) is 5.33. The van der Waals surface area contributed by atoms with Crippen molar-refractivity contribution in [2.75, 3.05) is 11.5 Å². The van der Waals surface area contributed by atoms with E-state index in [0.29, 0.717) is 11.8 Å². The second kappa shape index (κ2) is 7.21. The standard InChI is InChI=1S/C20H19F6NO2/c1-12-9-14-10-15(18(29,19(21,22)23)20(24,25)26)7-8-16(14)27(12)17(11-28)13-5-3-2-4-6-13/h2-8,10,12,17,28-29H,9,11H2,1H3. The summed E-state index contributed by atoms with van der Waals surface area (Å²) in [6.07, 6.45) is -11.7. The lowest BCUT2D eigenvalue weighted by atomic mass is 9.90. The number of fused-ring (bicyclic) bond motifs is 1. The van der Waals surface area contributed by atoms with Crippen LogP contribution in [0.4, 0.5) is 32.0 Å².